The summed E-state index contributed by atoms with van der Waals surface area (Å²) in [5, 5.41) is 0.735. The van der Waals surface area contributed by atoms with Gasteiger partial charge in [0.25, 0.3) is 0 Å². The van der Waals surface area contributed by atoms with Crippen molar-refractivity contribution in [1.82, 2.24) is 4.90 Å². The molecule has 0 aromatic heterocycles. The van der Waals surface area contributed by atoms with Crippen molar-refractivity contribution in [3.63, 3.8) is 0 Å². The highest BCUT2D eigenvalue weighted by Gasteiger charge is 2.25. The van der Waals surface area contributed by atoms with Crippen molar-refractivity contribution in [2.75, 3.05) is 7.05 Å². The van der Waals surface area contributed by atoms with Crippen molar-refractivity contribution in [3.05, 3.63) is 34.9 Å². The molecule has 0 atom stereocenters. The summed E-state index contributed by atoms with van der Waals surface area (Å²) in [6.07, 6.45) is 4.48. The molecule has 17 heavy (non-hydrogen) atoms. The van der Waals surface area contributed by atoms with Gasteiger partial charge in [-0.2, -0.15) is 0 Å². The van der Waals surface area contributed by atoms with E-state index in [2.05, 4.69) is 0 Å². The number of carbonyl (C=O) groups is 1. The molecule has 0 saturated heterocycles. The second kappa shape index (κ2) is 5.54. The second-order valence-electron chi connectivity index (χ2n) is 4.77. The summed E-state index contributed by atoms with van der Waals surface area (Å²) in [6.45, 7) is 0.606. The number of benzene rings is 1. The van der Waals surface area contributed by atoms with Gasteiger partial charge in [0.05, 0.1) is 0 Å². The molecule has 92 valence electrons. The van der Waals surface area contributed by atoms with E-state index in [0.29, 0.717) is 6.54 Å². The van der Waals surface area contributed by atoms with Gasteiger partial charge in [-0.3, -0.25) is 4.79 Å². The first-order valence-electron chi connectivity index (χ1n) is 6.17. The van der Waals surface area contributed by atoms with E-state index in [4.69, 9.17) is 11.6 Å². The van der Waals surface area contributed by atoms with Crippen LogP contribution in [0.15, 0.2) is 24.3 Å². The van der Waals surface area contributed by atoms with E-state index >= 15 is 0 Å². The zero-order chi connectivity index (χ0) is 12.3. The van der Waals surface area contributed by atoms with Crippen LogP contribution >= 0.6 is 11.6 Å². The zero-order valence-electron chi connectivity index (χ0n) is 10.2. The minimum Gasteiger partial charge on any atom is -0.341 e. The van der Waals surface area contributed by atoms with Gasteiger partial charge in [0, 0.05) is 24.5 Å². The smallest absolute Gasteiger partial charge is 0.225 e. The van der Waals surface area contributed by atoms with Gasteiger partial charge < -0.3 is 4.90 Å². The molecule has 0 radical (unpaired) electrons. The molecule has 0 spiro atoms. The lowest BCUT2D eigenvalue weighted by molar-refractivity contribution is -0.134. The summed E-state index contributed by atoms with van der Waals surface area (Å²) in [4.78, 5) is 13.9. The standard InChI is InChI=1S/C14H18ClNO/c1-16(14(17)11-6-2-3-7-11)10-12-8-4-5-9-13(12)15/h4-5,8-9,11H,2-3,6-7,10H2,1H3. The van der Waals surface area contributed by atoms with Crippen molar-refractivity contribution in [2.24, 2.45) is 5.92 Å². The van der Waals surface area contributed by atoms with Gasteiger partial charge >= 0.3 is 0 Å². The third kappa shape index (κ3) is 3.01. The second-order valence-corrected chi connectivity index (χ2v) is 5.17. The van der Waals surface area contributed by atoms with Crippen LogP contribution in [-0.2, 0) is 11.3 Å². The van der Waals surface area contributed by atoms with Gasteiger partial charge in [0.1, 0.15) is 0 Å². The number of carbonyl (C=O) groups excluding carboxylic acids is 1. The summed E-state index contributed by atoms with van der Waals surface area (Å²) >= 11 is 6.09. The van der Waals surface area contributed by atoms with Crippen molar-refractivity contribution in [3.8, 4) is 0 Å². The van der Waals surface area contributed by atoms with E-state index in [1.807, 2.05) is 31.3 Å². The summed E-state index contributed by atoms with van der Waals surface area (Å²) in [5.74, 6) is 0.505. The quantitative estimate of drug-likeness (QED) is 0.805. The Labute approximate surface area is 108 Å². The molecule has 1 aromatic carbocycles. The molecule has 1 saturated carbocycles. The Bertz CT molecular complexity index is 399. The van der Waals surface area contributed by atoms with Gasteiger partial charge in [-0.25, -0.2) is 0 Å². The summed E-state index contributed by atoms with van der Waals surface area (Å²) < 4.78 is 0. The highest BCUT2D eigenvalue weighted by atomic mass is 35.5. The van der Waals surface area contributed by atoms with Gasteiger partial charge in [-0.15, -0.1) is 0 Å². The molecule has 1 aliphatic rings. The molecule has 0 unspecified atom stereocenters. The van der Waals surface area contributed by atoms with Gasteiger partial charge in [-0.05, 0) is 24.5 Å². The maximum Gasteiger partial charge on any atom is 0.225 e. The van der Waals surface area contributed by atoms with Crippen molar-refractivity contribution in [2.45, 2.75) is 32.2 Å². The predicted molar refractivity (Wildman–Crippen MR) is 69.9 cm³/mol. The molecular weight excluding hydrogens is 234 g/mol. The van der Waals surface area contributed by atoms with Gasteiger partial charge in [-0.1, -0.05) is 42.6 Å². The fourth-order valence-electron chi connectivity index (χ4n) is 2.44. The Balaban J connectivity index is 1.99. The van der Waals surface area contributed by atoms with Crippen LogP contribution in [0, 0.1) is 5.92 Å². The third-order valence-corrected chi connectivity index (χ3v) is 3.81. The molecule has 0 bridgehead atoms. The molecule has 1 fully saturated rings. The maximum atomic E-state index is 12.1. The van der Waals surface area contributed by atoms with Crippen LogP contribution in [0.4, 0.5) is 0 Å². The Morgan fingerprint density at radius 1 is 1.35 bits per heavy atom. The monoisotopic (exact) mass is 251 g/mol. The molecular formula is C14H18ClNO. The summed E-state index contributed by atoms with van der Waals surface area (Å²) in [6, 6.07) is 7.70. The van der Waals surface area contributed by atoms with E-state index in [-0.39, 0.29) is 11.8 Å². The zero-order valence-corrected chi connectivity index (χ0v) is 10.9. The Morgan fingerprint density at radius 2 is 2.00 bits per heavy atom. The fourth-order valence-corrected chi connectivity index (χ4v) is 2.64. The average molecular weight is 252 g/mol. The molecule has 1 aliphatic carbocycles. The molecule has 1 aromatic rings. The fraction of sp³-hybridized carbons (Fsp3) is 0.500. The first-order valence-corrected chi connectivity index (χ1v) is 6.54. The highest BCUT2D eigenvalue weighted by molar-refractivity contribution is 6.31. The van der Waals surface area contributed by atoms with E-state index in [1.165, 1.54) is 12.8 Å². The van der Waals surface area contributed by atoms with Crippen LogP contribution < -0.4 is 0 Å². The number of hydrogen-bond donors (Lipinski definition) is 0. The van der Waals surface area contributed by atoms with Crippen molar-refractivity contribution in [1.29, 1.82) is 0 Å². The molecule has 2 rings (SSSR count). The number of amides is 1. The van der Waals surface area contributed by atoms with Crippen molar-refractivity contribution >= 4 is 17.5 Å². The van der Waals surface area contributed by atoms with Crippen LogP contribution in [0.25, 0.3) is 0 Å². The summed E-state index contributed by atoms with van der Waals surface area (Å²) in [5.41, 5.74) is 1.02. The van der Waals surface area contributed by atoms with E-state index in [0.717, 1.165) is 23.4 Å². The number of rotatable bonds is 3. The van der Waals surface area contributed by atoms with E-state index < -0.39 is 0 Å². The van der Waals surface area contributed by atoms with Crippen LogP contribution in [0.2, 0.25) is 5.02 Å². The van der Waals surface area contributed by atoms with Crippen LogP contribution in [0.5, 0.6) is 0 Å². The highest BCUT2D eigenvalue weighted by Crippen LogP contribution is 2.27. The van der Waals surface area contributed by atoms with E-state index in [1.54, 1.807) is 4.90 Å². The number of halogens is 1. The molecule has 0 aliphatic heterocycles. The van der Waals surface area contributed by atoms with E-state index in [9.17, 15) is 4.79 Å². The lowest BCUT2D eigenvalue weighted by Crippen LogP contribution is -2.31. The molecule has 0 N–H and O–H groups in total. The topological polar surface area (TPSA) is 20.3 Å². The Kier molecular flexibility index (Phi) is 4.06. The van der Waals surface area contributed by atoms with Crippen molar-refractivity contribution < 1.29 is 4.79 Å². The maximum absolute atomic E-state index is 12.1. The lowest BCUT2D eigenvalue weighted by atomic mass is 10.1. The number of hydrogen-bond acceptors (Lipinski definition) is 1. The van der Waals surface area contributed by atoms with Crippen LogP contribution in [-0.4, -0.2) is 17.9 Å². The Morgan fingerprint density at radius 3 is 2.65 bits per heavy atom. The molecule has 0 heterocycles. The Hall–Kier alpha value is -1.02. The minimum atomic E-state index is 0.238. The van der Waals surface area contributed by atoms with Crippen LogP contribution in [0.3, 0.4) is 0 Å². The van der Waals surface area contributed by atoms with Gasteiger partial charge in [0.2, 0.25) is 5.91 Å². The third-order valence-electron chi connectivity index (χ3n) is 3.45. The molecule has 3 heteroatoms. The first kappa shape index (κ1) is 12.4. The first-order chi connectivity index (χ1) is 8.18. The molecule has 1 amide bonds. The van der Waals surface area contributed by atoms with Crippen LogP contribution in [0.1, 0.15) is 31.2 Å². The predicted octanol–water partition coefficient (Wildman–Crippen LogP) is 3.49. The minimum absolute atomic E-state index is 0.238. The average Bonchev–Trinajstić information content (AvgIpc) is 2.84. The van der Waals surface area contributed by atoms with Gasteiger partial charge in [0.15, 0.2) is 0 Å². The normalized spacial score (nSPS) is 16.1. The lowest BCUT2D eigenvalue weighted by Gasteiger charge is -2.21. The molecule has 2 nitrogen and oxygen atoms in total. The number of nitrogens with zero attached hydrogens (tertiary/aromatic N) is 1. The summed E-state index contributed by atoms with van der Waals surface area (Å²) in [7, 11) is 1.87. The largest absolute Gasteiger partial charge is 0.341 e. The SMILES string of the molecule is CN(Cc1ccccc1Cl)C(=O)C1CCCC1.